The molecule has 9 heteroatoms. The number of sulfonamides is 1. The topological polar surface area (TPSA) is 96.0 Å². The second kappa shape index (κ2) is 9.42. The number of nitrogens with one attached hydrogen (secondary N) is 1. The summed E-state index contributed by atoms with van der Waals surface area (Å²) >= 11 is 0. The van der Waals surface area contributed by atoms with Crippen LogP contribution in [-0.4, -0.2) is 58.6 Å². The fraction of sp³-hybridized carbons (Fsp3) is 0.300. The average Bonchev–Trinajstić information content (AvgIpc) is 2.65. The van der Waals surface area contributed by atoms with Crippen molar-refractivity contribution >= 4 is 33.2 Å². The van der Waals surface area contributed by atoms with Crippen LogP contribution in [0.15, 0.2) is 48.5 Å². The molecule has 0 bridgehead atoms. The van der Waals surface area contributed by atoms with Gasteiger partial charge in [0, 0.05) is 31.4 Å². The Morgan fingerprint density at radius 3 is 2.28 bits per heavy atom. The van der Waals surface area contributed by atoms with E-state index in [2.05, 4.69) is 5.32 Å². The fourth-order valence-corrected chi connectivity index (χ4v) is 3.45. The molecular weight excluding hydrogens is 394 g/mol. The fourth-order valence-electron chi connectivity index (χ4n) is 2.59. The molecular formula is C20H25N3O5S. The summed E-state index contributed by atoms with van der Waals surface area (Å²) in [7, 11) is -0.461. The molecule has 2 amide bonds. The van der Waals surface area contributed by atoms with Crippen molar-refractivity contribution in [3.63, 3.8) is 0 Å². The first-order chi connectivity index (χ1) is 13.6. The van der Waals surface area contributed by atoms with Crippen molar-refractivity contribution < 1.29 is 22.7 Å². The zero-order valence-corrected chi connectivity index (χ0v) is 17.7. The van der Waals surface area contributed by atoms with Gasteiger partial charge in [0.2, 0.25) is 15.9 Å². The second-order valence-electron chi connectivity index (χ2n) is 6.53. The van der Waals surface area contributed by atoms with Crippen molar-refractivity contribution in [2.24, 2.45) is 0 Å². The molecule has 0 atom stereocenters. The van der Waals surface area contributed by atoms with E-state index in [1.807, 2.05) is 6.92 Å². The van der Waals surface area contributed by atoms with Gasteiger partial charge in [0.15, 0.2) is 0 Å². The standard InChI is InChI=1S/C20H25N3O5S/c1-5-28-18-8-6-7-16(13-18)21-19(24)14-23(29(4,26)27)17-11-9-15(10-12-17)20(25)22(2)3/h6-13H,5,14H2,1-4H3,(H,21,24). The summed E-state index contributed by atoms with van der Waals surface area (Å²) < 4.78 is 30.8. The van der Waals surface area contributed by atoms with Gasteiger partial charge in [0.25, 0.3) is 5.91 Å². The van der Waals surface area contributed by atoms with Crippen LogP contribution >= 0.6 is 0 Å². The zero-order valence-electron chi connectivity index (χ0n) is 16.9. The number of carbonyl (C=O) groups excluding carboxylic acids is 2. The van der Waals surface area contributed by atoms with Gasteiger partial charge >= 0.3 is 0 Å². The Bertz CT molecular complexity index is 972. The number of nitrogens with zero attached hydrogens (tertiary/aromatic N) is 2. The molecule has 0 aliphatic rings. The van der Waals surface area contributed by atoms with Gasteiger partial charge in [-0.15, -0.1) is 0 Å². The molecule has 0 aromatic heterocycles. The molecule has 0 spiro atoms. The van der Waals surface area contributed by atoms with Crippen LogP contribution in [0.3, 0.4) is 0 Å². The van der Waals surface area contributed by atoms with E-state index in [0.717, 1.165) is 10.6 Å². The van der Waals surface area contributed by atoms with E-state index in [-0.39, 0.29) is 5.91 Å². The van der Waals surface area contributed by atoms with E-state index < -0.39 is 22.5 Å². The van der Waals surface area contributed by atoms with E-state index in [1.54, 1.807) is 38.4 Å². The summed E-state index contributed by atoms with van der Waals surface area (Å²) in [4.78, 5) is 25.9. The average molecular weight is 420 g/mol. The number of ether oxygens (including phenoxy) is 1. The normalized spacial score (nSPS) is 10.9. The Morgan fingerprint density at radius 2 is 1.72 bits per heavy atom. The Balaban J connectivity index is 2.18. The van der Waals surface area contributed by atoms with Gasteiger partial charge in [-0.1, -0.05) is 6.07 Å². The van der Waals surface area contributed by atoms with Gasteiger partial charge in [-0.2, -0.15) is 0 Å². The molecule has 2 aromatic carbocycles. The summed E-state index contributed by atoms with van der Waals surface area (Å²) in [6, 6.07) is 12.9. The van der Waals surface area contributed by atoms with E-state index >= 15 is 0 Å². The van der Waals surface area contributed by atoms with Crippen LogP contribution in [0.5, 0.6) is 5.75 Å². The summed E-state index contributed by atoms with van der Waals surface area (Å²) in [5.74, 6) is -0.0988. The number of hydrogen-bond donors (Lipinski definition) is 1. The SMILES string of the molecule is CCOc1cccc(NC(=O)CN(c2ccc(C(=O)N(C)C)cc2)S(C)(=O)=O)c1. The Kier molecular flexibility index (Phi) is 7.22. The molecule has 0 aliphatic heterocycles. The molecule has 29 heavy (non-hydrogen) atoms. The lowest BCUT2D eigenvalue weighted by Gasteiger charge is -2.22. The van der Waals surface area contributed by atoms with Gasteiger partial charge in [0.1, 0.15) is 12.3 Å². The first-order valence-electron chi connectivity index (χ1n) is 8.94. The molecule has 0 radical (unpaired) electrons. The molecule has 2 aromatic rings. The van der Waals surface area contributed by atoms with Gasteiger partial charge < -0.3 is 15.0 Å². The number of anilines is 2. The molecule has 2 rings (SSSR count). The van der Waals surface area contributed by atoms with E-state index in [1.165, 1.54) is 29.2 Å². The summed E-state index contributed by atoms with van der Waals surface area (Å²) in [5.41, 5.74) is 1.21. The predicted octanol–water partition coefficient (Wildman–Crippen LogP) is 2.19. The number of amides is 2. The highest BCUT2D eigenvalue weighted by Gasteiger charge is 2.21. The Labute approximate surface area is 171 Å². The first kappa shape index (κ1) is 22.2. The van der Waals surface area contributed by atoms with Crippen LogP contribution in [-0.2, 0) is 14.8 Å². The van der Waals surface area contributed by atoms with Crippen molar-refractivity contribution in [3.05, 3.63) is 54.1 Å². The van der Waals surface area contributed by atoms with Gasteiger partial charge in [0.05, 0.1) is 18.6 Å². The predicted molar refractivity (Wildman–Crippen MR) is 113 cm³/mol. The highest BCUT2D eigenvalue weighted by molar-refractivity contribution is 7.92. The smallest absolute Gasteiger partial charge is 0.253 e. The Hall–Kier alpha value is -3.07. The minimum Gasteiger partial charge on any atom is -0.494 e. The first-order valence-corrected chi connectivity index (χ1v) is 10.8. The molecule has 1 N–H and O–H groups in total. The largest absolute Gasteiger partial charge is 0.494 e. The number of rotatable bonds is 8. The lowest BCUT2D eigenvalue weighted by atomic mass is 10.2. The van der Waals surface area contributed by atoms with Gasteiger partial charge in [-0.05, 0) is 43.3 Å². The van der Waals surface area contributed by atoms with Crippen molar-refractivity contribution in [2.75, 3.05) is 43.1 Å². The molecule has 0 heterocycles. The van der Waals surface area contributed by atoms with Crippen LogP contribution in [0.2, 0.25) is 0 Å². The van der Waals surface area contributed by atoms with E-state index in [0.29, 0.717) is 29.3 Å². The van der Waals surface area contributed by atoms with E-state index in [4.69, 9.17) is 4.74 Å². The highest BCUT2D eigenvalue weighted by atomic mass is 32.2. The van der Waals surface area contributed by atoms with Crippen molar-refractivity contribution in [3.8, 4) is 5.75 Å². The number of carbonyl (C=O) groups is 2. The number of hydrogen-bond acceptors (Lipinski definition) is 5. The quantitative estimate of drug-likeness (QED) is 0.708. The maximum Gasteiger partial charge on any atom is 0.253 e. The summed E-state index contributed by atoms with van der Waals surface area (Å²) in [6.07, 6.45) is 1.02. The van der Waals surface area contributed by atoms with Crippen LogP contribution in [0, 0.1) is 0 Å². The Morgan fingerprint density at radius 1 is 1.07 bits per heavy atom. The van der Waals surface area contributed by atoms with Gasteiger partial charge in [-0.3, -0.25) is 13.9 Å². The summed E-state index contributed by atoms with van der Waals surface area (Å²) in [5, 5.41) is 2.67. The maximum absolute atomic E-state index is 12.5. The molecule has 0 saturated heterocycles. The van der Waals surface area contributed by atoms with Gasteiger partial charge in [-0.25, -0.2) is 8.42 Å². The van der Waals surface area contributed by atoms with Crippen LogP contribution in [0.1, 0.15) is 17.3 Å². The molecule has 8 nitrogen and oxygen atoms in total. The third-order valence-electron chi connectivity index (χ3n) is 3.92. The molecule has 0 fully saturated rings. The highest BCUT2D eigenvalue weighted by Crippen LogP contribution is 2.20. The van der Waals surface area contributed by atoms with Crippen molar-refractivity contribution in [2.45, 2.75) is 6.92 Å². The van der Waals surface area contributed by atoms with Crippen LogP contribution in [0.25, 0.3) is 0 Å². The van der Waals surface area contributed by atoms with Crippen LogP contribution in [0.4, 0.5) is 11.4 Å². The van der Waals surface area contributed by atoms with Crippen molar-refractivity contribution in [1.82, 2.24) is 4.90 Å². The lowest BCUT2D eigenvalue weighted by Crippen LogP contribution is -2.37. The number of benzene rings is 2. The lowest BCUT2D eigenvalue weighted by molar-refractivity contribution is -0.114. The molecule has 156 valence electrons. The monoisotopic (exact) mass is 419 g/mol. The van der Waals surface area contributed by atoms with E-state index in [9.17, 15) is 18.0 Å². The minimum atomic E-state index is -3.72. The zero-order chi connectivity index (χ0) is 21.6. The molecule has 0 saturated carbocycles. The minimum absolute atomic E-state index is 0.200. The van der Waals surface area contributed by atoms with Crippen molar-refractivity contribution in [1.29, 1.82) is 0 Å². The second-order valence-corrected chi connectivity index (χ2v) is 8.43. The third-order valence-corrected chi connectivity index (χ3v) is 5.07. The summed E-state index contributed by atoms with van der Waals surface area (Å²) in [6.45, 7) is 1.94. The maximum atomic E-state index is 12.5. The molecule has 0 aliphatic carbocycles. The third kappa shape index (κ3) is 6.21. The molecule has 0 unspecified atom stereocenters. The van der Waals surface area contributed by atoms with Crippen LogP contribution < -0.4 is 14.4 Å².